The second-order valence-corrected chi connectivity index (χ2v) is 2.15. The first-order valence-electron chi connectivity index (χ1n) is 3.50. The van der Waals surface area contributed by atoms with E-state index in [1.165, 1.54) is 0 Å². The van der Waals surface area contributed by atoms with Crippen LogP contribution < -0.4 is 11.3 Å². The summed E-state index contributed by atoms with van der Waals surface area (Å²) in [5.74, 6) is 4.55. The van der Waals surface area contributed by atoms with Gasteiger partial charge in [-0.15, -0.1) is 0 Å². The Balaban J connectivity index is 2.54. The lowest BCUT2D eigenvalue weighted by Crippen LogP contribution is -2.26. The van der Waals surface area contributed by atoms with E-state index in [1.54, 1.807) is 24.3 Å². The molecular formula is C8H10N2O2. The van der Waals surface area contributed by atoms with Crippen LogP contribution in [0.2, 0.25) is 0 Å². The van der Waals surface area contributed by atoms with Gasteiger partial charge in [0.2, 0.25) is 0 Å². The predicted molar refractivity (Wildman–Crippen MR) is 44.0 cm³/mol. The molecule has 0 aliphatic carbocycles. The van der Waals surface area contributed by atoms with E-state index in [2.05, 4.69) is 5.43 Å². The summed E-state index contributed by atoms with van der Waals surface area (Å²) in [6, 6.07) is 8.73. The minimum absolute atomic E-state index is 0.0216. The molecule has 4 heteroatoms. The Kier molecular flexibility index (Phi) is 3.25. The van der Waals surface area contributed by atoms with Gasteiger partial charge in [-0.25, -0.2) is 10.2 Å². The van der Waals surface area contributed by atoms with Gasteiger partial charge in [0, 0.05) is 0 Å². The molecule has 0 spiro atoms. The maximum Gasteiger partial charge on any atom is 0.339 e. The number of carbonyl (C=O) groups is 1. The first kappa shape index (κ1) is 8.70. The van der Waals surface area contributed by atoms with E-state index < -0.39 is 0 Å². The number of esters is 1. The number of carbonyl (C=O) groups excluding carboxylic acids is 1. The molecule has 0 unspecified atom stereocenters. The topological polar surface area (TPSA) is 64.3 Å². The Hall–Kier alpha value is -1.39. The number of rotatable bonds is 3. The van der Waals surface area contributed by atoms with Crippen LogP contribution in [0.1, 0.15) is 10.4 Å². The number of hydrogen-bond donors (Lipinski definition) is 2. The van der Waals surface area contributed by atoms with Gasteiger partial charge in [0.25, 0.3) is 0 Å². The number of nitrogens with two attached hydrogens (primary N) is 1. The molecule has 12 heavy (non-hydrogen) atoms. The molecule has 0 radical (unpaired) electrons. The van der Waals surface area contributed by atoms with Crippen molar-refractivity contribution in [3.05, 3.63) is 35.9 Å². The second-order valence-electron chi connectivity index (χ2n) is 2.15. The normalized spacial score (nSPS) is 9.42. The molecule has 0 amide bonds. The molecule has 3 N–H and O–H groups in total. The van der Waals surface area contributed by atoms with Crippen LogP contribution in [-0.2, 0) is 4.74 Å². The van der Waals surface area contributed by atoms with Gasteiger partial charge >= 0.3 is 5.97 Å². The molecule has 0 atom stereocenters. The summed E-state index contributed by atoms with van der Waals surface area (Å²) in [5.41, 5.74) is 2.75. The standard InChI is InChI=1S/C8H10N2O2/c9-10-6-12-8(11)7-4-2-1-3-5-7/h1-5,10H,6,9H2. The number of ether oxygens (including phenoxy) is 1. The van der Waals surface area contributed by atoms with E-state index in [4.69, 9.17) is 10.6 Å². The highest BCUT2D eigenvalue weighted by atomic mass is 16.5. The third-order valence-corrected chi connectivity index (χ3v) is 1.30. The first-order chi connectivity index (χ1) is 5.84. The van der Waals surface area contributed by atoms with Crippen LogP contribution in [0, 0.1) is 0 Å². The Morgan fingerprint density at radius 2 is 2.08 bits per heavy atom. The monoisotopic (exact) mass is 166 g/mol. The molecule has 0 saturated heterocycles. The summed E-state index contributed by atoms with van der Waals surface area (Å²) in [5, 5.41) is 0. The minimum atomic E-state index is -0.381. The van der Waals surface area contributed by atoms with Crippen LogP contribution in [0.5, 0.6) is 0 Å². The molecule has 0 fully saturated rings. The summed E-state index contributed by atoms with van der Waals surface area (Å²) in [7, 11) is 0. The van der Waals surface area contributed by atoms with Gasteiger partial charge in [-0.05, 0) is 12.1 Å². The molecule has 0 heterocycles. The predicted octanol–water partition coefficient (Wildman–Crippen LogP) is 0.264. The smallest absolute Gasteiger partial charge is 0.339 e. The number of benzene rings is 1. The molecule has 64 valence electrons. The van der Waals surface area contributed by atoms with E-state index in [9.17, 15) is 4.79 Å². The highest BCUT2D eigenvalue weighted by Gasteiger charge is 2.03. The van der Waals surface area contributed by atoms with Crippen LogP contribution >= 0.6 is 0 Å². The fourth-order valence-electron chi connectivity index (χ4n) is 0.765. The molecule has 4 nitrogen and oxygen atoms in total. The SMILES string of the molecule is NNCOC(=O)c1ccccc1. The lowest BCUT2D eigenvalue weighted by molar-refractivity contribution is 0.0472. The van der Waals surface area contributed by atoms with Crippen LogP contribution in [0.3, 0.4) is 0 Å². The van der Waals surface area contributed by atoms with Crippen molar-refractivity contribution in [2.45, 2.75) is 0 Å². The van der Waals surface area contributed by atoms with Crippen molar-refractivity contribution in [1.82, 2.24) is 5.43 Å². The van der Waals surface area contributed by atoms with E-state index in [0.29, 0.717) is 5.56 Å². The average Bonchev–Trinajstić information content (AvgIpc) is 2.15. The fraction of sp³-hybridized carbons (Fsp3) is 0.125. The third kappa shape index (κ3) is 2.34. The van der Waals surface area contributed by atoms with Crippen LogP contribution in [0.4, 0.5) is 0 Å². The Morgan fingerprint density at radius 3 is 2.67 bits per heavy atom. The summed E-state index contributed by atoms with van der Waals surface area (Å²) in [6.45, 7) is 0.0216. The second kappa shape index (κ2) is 4.48. The highest BCUT2D eigenvalue weighted by molar-refractivity contribution is 5.89. The van der Waals surface area contributed by atoms with Crippen LogP contribution in [0.15, 0.2) is 30.3 Å². The lowest BCUT2D eigenvalue weighted by Gasteiger charge is -2.01. The van der Waals surface area contributed by atoms with Crippen molar-refractivity contribution in [2.75, 3.05) is 6.73 Å². The van der Waals surface area contributed by atoms with Crippen LogP contribution in [0.25, 0.3) is 0 Å². The fourth-order valence-corrected chi connectivity index (χ4v) is 0.765. The highest BCUT2D eigenvalue weighted by Crippen LogP contribution is 1.99. The zero-order chi connectivity index (χ0) is 8.81. The van der Waals surface area contributed by atoms with Crippen LogP contribution in [-0.4, -0.2) is 12.7 Å². The average molecular weight is 166 g/mol. The Morgan fingerprint density at radius 1 is 1.42 bits per heavy atom. The molecule has 0 aliphatic rings. The van der Waals surface area contributed by atoms with Gasteiger partial charge in [0.05, 0.1) is 5.56 Å². The molecule has 1 aromatic carbocycles. The Bertz CT molecular complexity index is 248. The summed E-state index contributed by atoms with van der Waals surface area (Å²) in [6.07, 6.45) is 0. The summed E-state index contributed by atoms with van der Waals surface area (Å²) in [4.78, 5) is 11.1. The zero-order valence-electron chi connectivity index (χ0n) is 6.49. The van der Waals surface area contributed by atoms with Crippen molar-refractivity contribution in [3.63, 3.8) is 0 Å². The maximum atomic E-state index is 11.1. The van der Waals surface area contributed by atoms with Gasteiger partial charge in [-0.2, -0.15) is 0 Å². The third-order valence-electron chi connectivity index (χ3n) is 1.30. The Labute approximate surface area is 70.3 Å². The molecule has 0 aromatic heterocycles. The van der Waals surface area contributed by atoms with E-state index in [1.807, 2.05) is 6.07 Å². The van der Waals surface area contributed by atoms with Gasteiger partial charge in [0.15, 0.2) is 6.73 Å². The summed E-state index contributed by atoms with van der Waals surface area (Å²) >= 11 is 0. The van der Waals surface area contributed by atoms with Crippen molar-refractivity contribution in [2.24, 2.45) is 5.84 Å². The molecule has 0 bridgehead atoms. The largest absolute Gasteiger partial charge is 0.445 e. The maximum absolute atomic E-state index is 11.1. The van der Waals surface area contributed by atoms with Gasteiger partial charge in [-0.3, -0.25) is 5.84 Å². The van der Waals surface area contributed by atoms with Crippen molar-refractivity contribution < 1.29 is 9.53 Å². The molecular weight excluding hydrogens is 156 g/mol. The van der Waals surface area contributed by atoms with Gasteiger partial charge in [-0.1, -0.05) is 18.2 Å². The molecule has 1 rings (SSSR count). The van der Waals surface area contributed by atoms with Crippen molar-refractivity contribution >= 4 is 5.97 Å². The quantitative estimate of drug-likeness (QED) is 0.292. The van der Waals surface area contributed by atoms with Gasteiger partial charge in [0.1, 0.15) is 0 Å². The number of hydrazine groups is 1. The number of nitrogens with one attached hydrogen (secondary N) is 1. The van der Waals surface area contributed by atoms with Crippen molar-refractivity contribution in [1.29, 1.82) is 0 Å². The molecule has 0 aliphatic heterocycles. The minimum Gasteiger partial charge on any atom is -0.445 e. The lowest BCUT2D eigenvalue weighted by atomic mass is 10.2. The summed E-state index contributed by atoms with van der Waals surface area (Å²) < 4.78 is 4.70. The van der Waals surface area contributed by atoms with E-state index >= 15 is 0 Å². The van der Waals surface area contributed by atoms with E-state index in [0.717, 1.165) is 0 Å². The van der Waals surface area contributed by atoms with Crippen molar-refractivity contribution in [3.8, 4) is 0 Å². The zero-order valence-corrected chi connectivity index (χ0v) is 6.49. The van der Waals surface area contributed by atoms with Gasteiger partial charge < -0.3 is 4.74 Å². The number of hydrogen-bond acceptors (Lipinski definition) is 4. The first-order valence-corrected chi connectivity index (χ1v) is 3.50. The molecule has 1 aromatic rings. The molecule has 0 saturated carbocycles. The van der Waals surface area contributed by atoms with E-state index in [-0.39, 0.29) is 12.7 Å².